The van der Waals surface area contributed by atoms with Gasteiger partial charge in [-0.25, -0.2) is 5.43 Å². The molecule has 3 aromatic carbocycles. The Morgan fingerprint density at radius 1 is 0.957 bits per heavy atom. The molecule has 0 atom stereocenters. The molecule has 0 fully saturated rings. The lowest BCUT2D eigenvalue weighted by Crippen LogP contribution is -2.19. The Labute approximate surface area is 134 Å². The van der Waals surface area contributed by atoms with Gasteiger partial charge in [0, 0.05) is 16.5 Å². The minimum absolute atomic E-state index is 0.165. The number of nitrogens with zero attached hydrogens (tertiary/aromatic N) is 1. The van der Waals surface area contributed by atoms with Crippen LogP contribution in [0.1, 0.15) is 22.8 Å². The van der Waals surface area contributed by atoms with Crippen LogP contribution in [0.5, 0.6) is 5.75 Å². The zero-order valence-electron chi connectivity index (χ0n) is 12.7. The van der Waals surface area contributed by atoms with Crippen LogP contribution >= 0.6 is 0 Å². The van der Waals surface area contributed by atoms with E-state index in [9.17, 15) is 9.90 Å². The summed E-state index contributed by atoms with van der Waals surface area (Å²) in [5, 5.41) is 16.2. The smallest absolute Gasteiger partial charge is 0.271 e. The number of phenolic OH excluding ortho intramolecular Hbond substituents is 1. The van der Waals surface area contributed by atoms with Gasteiger partial charge in [0.2, 0.25) is 0 Å². The van der Waals surface area contributed by atoms with Crippen molar-refractivity contribution in [3.05, 3.63) is 77.9 Å². The number of benzene rings is 3. The van der Waals surface area contributed by atoms with Crippen molar-refractivity contribution in [1.82, 2.24) is 5.43 Å². The highest BCUT2D eigenvalue weighted by Crippen LogP contribution is 2.28. The molecule has 2 N–H and O–H groups in total. The Hall–Kier alpha value is -3.14. The van der Waals surface area contributed by atoms with E-state index in [1.54, 1.807) is 37.3 Å². The minimum Gasteiger partial charge on any atom is -0.507 e. The second-order valence-corrected chi connectivity index (χ2v) is 5.19. The third kappa shape index (κ3) is 3.06. The van der Waals surface area contributed by atoms with E-state index < -0.39 is 0 Å². The van der Waals surface area contributed by atoms with Crippen molar-refractivity contribution in [2.45, 2.75) is 6.92 Å². The maximum atomic E-state index is 12.0. The van der Waals surface area contributed by atoms with Crippen LogP contribution in [0.3, 0.4) is 0 Å². The van der Waals surface area contributed by atoms with Crippen LogP contribution in [0.15, 0.2) is 71.8 Å². The molecule has 0 radical (unpaired) electrons. The molecule has 0 spiro atoms. The van der Waals surface area contributed by atoms with Crippen LogP contribution in [0, 0.1) is 0 Å². The quantitative estimate of drug-likeness (QED) is 0.572. The monoisotopic (exact) mass is 304 g/mol. The third-order valence-corrected chi connectivity index (χ3v) is 3.65. The zero-order valence-corrected chi connectivity index (χ0v) is 12.7. The van der Waals surface area contributed by atoms with Gasteiger partial charge in [-0.3, -0.25) is 4.79 Å². The highest BCUT2D eigenvalue weighted by atomic mass is 16.3. The van der Waals surface area contributed by atoms with Gasteiger partial charge in [0.15, 0.2) is 0 Å². The average molecular weight is 304 g/mol. The highest BCUT2D eigenvalue weighted by molar-refractivity contribution is 6.07. The molecule has 0 aliphatic carbocycles. The molecule has 0 saturated carbocycles. The standard InChI is InChI=1S/C19H16N2O2/c1-13(20-21-19(23)15-8-3-2-4-9-15)16-12-11-14-7-5-6-10-17(14)18(16)22/h2-12,22H,1H3,(H,21,23). The van der Waals surface area contributed by atoms with Gasteiger partial charge < -0.3 is 5.11 Å². The van der Waals surface area contributed by atoms with Gasteiger partial charge in [-0.1, -0.05) is 48.5 Å². The van der Waals surface area contributed by atoms with Crippen molar-refractivity contribution in [3.63, 3.8) is 0 Å². The van der Waals surface area contributed by atoms with Crippen LogP contribution in [0.2, 0.25) is 0 Å². The molecule has 4 nitrogen and oxygen atoms in total. The number of fused-ring (bicyclic) bond motifs is 1. The van der Waals surface area contributed by atoms with Gasteiger partial charge in [-0.2, -0.15) is 5.10 Å². The van der Waals surface area contributed by atoms with E-state index in [1.165, 1.54) is 0 Å². The van der Waals surface area contributed by atoms with Crippen LogP contribution < -0.4 is 5.43 Å². The van der Waals surface area contributed by atoms with Crippen molar-refractivity contribution < 1.29 is 9.90 Å². The van der Waals surface area contributed by atoms with E-state index in [-0.39, 0.29) is 11.7 Å². The fraction of sp³-hybridized carbons (Fsp3) is 0.0526. The summed E-state index contributed by atoms with van der Waals surface area (Å²) in [6.45, 7) is 1.75. The summed E-state index contributed by atoms with van der Waals surface area (Å²) in [5.74, 6) is -0.122. The third-order valence-electron chi connectivity index (χ3n) is 3.65. The Kier molecular flexibility index (Phi) is 4.06. The van der Waals surface area contributed by atoms with Gasteiger partial charge in [0.05, 0.1) is 5.71 Å². The number of nitrogens with one attached hydrogen (secondary N) is 1. The van der Waals surface area contributed by atoms with E-state index in [0.717, 1.165) is 10.8 Å². The summed E-state index contributed by atoms with van der Waals surface area (Å²) in [7, 11) is 0. The molecule has 114 valence electrons. The van der Waals surface area contributed by atoms with E-state index in [0.29, 0.717) is 16.8 Å². The second kappa shape index (κ2) is 6.32. The number of rotatable bonds is 3. The van der Waals surface area contributed by atoms with Crippen LogP contribution in [-0.2, 0) is 0 Å². The lowest BCUT2D eigenvalue weighted by molar-refractivity contribution is 0.0955. The second-order valence-electron chi connectivity index (χ2n) is 5.19. The zero-order chi connectivity index (χ0) is 16.2. The van der Waals surface area contributed by atoms with Crippen LogP contribution in [-0.4, -0.2) is 16.7 Å². The van der Waals surface area contributed by atoms with Gasteiger partial charge >= 0.3 is 0 Å². The summed E-state index contributed by atoms with van der Waals surface area (Å²) in [6.07, 6.45) is 0. The summed E-state index contributed by atoms with van der Waals surface area (Å²) in [4.78, 5) is 12.0. The number of hydrogen-bond donors (Lipinski definition) is 2. The molecule has 23 heavy (non-hydrogen) atoms. The number of amides is 1. The lowest BCUT2D eigenvalue weighted by atomic mass is 10.0. The molecular formula is C19H16N2O2. The van der Waals surface area contributed by atoms with Crippen LogP contribution in [0.25, 0.3) is 10.8 Å². The first-order valence-corrected chi connectivity index (χ1v) is 7.27. The molecule has 4 heteroatoms. The molecule has 1 amide bonds. The molecule has 0 unspecified atom stereocenters. The van der Waals surface area contributed by atoms with Gasteiger partial charge in [0.1, 0.15) is 5.75 Å². The molecule has 0 bridgehead atoms. The maximum absolute atomic E-state index is 12.0. The summed E-state index contributed by atoms with van der Waals surface area (Å²) >= 11 is 0. The number of phenols is 1. The van der Waals surface area contributed by atoms with Crippen molar-refractivity contribution in [3.8, 4) is 5.75 Å². The van der Waals surface area contributed by atoms with Crippen LogP contribution in [0.4, 0.5) is 0 Å². The molecular weight excluding hydrogens is 288 g/mol. The molecule has 0 heterocycles. The van der Waals surface area contributed by atoms with Gasteiger partial charge in [0.25, 0.3) is 5.91 Å². The Morgan fingerprint density at radius 2 is 1.65 bits per heavy atom. The summed E-state index contributed by atoms with van der Waals surface area (Å²) in [5.41, 5.74) is 4.18. The Balaban J connectivity index is 1.87. The SMILES string of the molecule is CC(=NNC(=O)c1ccccc1)c1ccc2ccccc2c1O. The van der Waals surface area contributed by atoms with Gasteiger partial charge in [-0.15, -0.1) is 0 Å². The van der Waals surface area contributed by atoms with E-state index in [1.807, 2.05) is 36.4 Å². The van der Waals surface area contributed by atoms with E-state index >= 15 is 0 Å². The minimum atomic E-state index is -0.287. The van der Waals surface area contributed by atoms with E-state index in [4.69, 9.17) is 0 Å². The average Bonchev–Trinajstić information content (AvgIpc) is 2.60. The predicted octanol–water partition coefficient (Wildman–Crippen LogP) is 3.70. The normalized spacial score (nSPS) is 11.4. The van der Waals surface area contributed by atoms with Crippen molar-refractivity contribution >= 4 is 22.4 Å². The van der Waals surface area contributed by atoms with Crippen molar-refractivity contribution in [1.29, 1.82) is 0 Å². The Bertz CT molecular complexity index is 886. The predicted molar refractivity (Wildman–Crippen MR) is 91.7 cm³/mol. The first-order chi connectivity index (χ1) is 11.2. The fourth-order valence-corrected chi connectivity index (χ4v) is 2.40. The Morgan fingerprint density at radius 3 is 2.43 bits per heavy atom. The first-order valence-electron chi connectivity index (χ1n) is 7.27. The molecule has 3 rings (SSSR count). The number of carbonyl (C=O) groups excluding carboxylic acids is 1. The highest BCUT2D eigenvalue weighted by Gasteiger charge is 2.09. The number of carbonyl (C=O) groups is 1. The van der Waals surface area contributed by atoms with E-state index in [2.05, 4.69) is 10.5 Å². The van der Waals surface area contributed by atoms with Gasteiger partial charge in [-0.05, 0) is 30.5 Å². The topological polar surface area (TPSA) is 61.7 Å². The van der Waals surface area contributed by atoms with Crippen molar-refractivity contribution in [2.24, 2.45) is 5.10 Å². The largest absolute Gasteiger partial charge is 0.507 e. The molecule has 0 aliphatic rings. The first kappa shape index (κ1) is 14.8. The lowest BCUT2D eigenvalue weighted by Gasteiger charge is -2.08. The molecule has 3 aromatic rings. The number of aromatic hydroxyl groups is 1. The summed E-state index contributed by atoms with van der Waals surface area (Å²) in [6, 6.07) is 20.2. The maximum Gasteiger partial charge on any atom is 0.271 e. The molecule has 0 aromatic heterocycles. The summed E-state index contributed by atoms with van der Waals surface area (Å²) < 4.78 is 0. The number of hydrogen-bond acceptors (Lipinski definition) is 3. The molecule has 0 saturated heterocycles. The number of hydrazone groups is 1. The van der Waals surface area contributed by atoms with Crippen molar-refractivity contribution in [2.75, 3.05) is 0 Å². The molecule has 0 aliphatic heterocycles. The fourth-order valence-electron chi connectivity index (χ4n) is 2.40.